The second-order valence-corrected chi connectivity index (χ2v) is 6.47. The minimum absolute atomic E-state index is 0.0427. The minimum Gasteiger partial charge on any atom is -0.317 e. The highest BCUT2D eigenvalue weighted by molar-refractivity contribution is 6.31. The summed E-state index contributed by atoms with van der Waals surface area (Å²) in [6.45, 7) is 5.54. The number of rotatable bonds is 1. The molecule has 1 aromatic carbocycles. The minimum atomic E-state index is -0.641. The summed E-state index contributed by atoms with van der Waals surface area (Å²) in [5.74, 6) is -0.420. The van der Waals surface area contributed by atoms with Crippen molar-refractivity contribution in [2.45, 2.75) is 38.1 Å². The fourth-order valence-electron chi connectivity index (χ4n) is 3.19. The number of anilines is 1. The van der Waals surface area contributed by atoms with Crippen LogP contribution in [0.3, 0.4) is 0 Å². The van der Waals surface area contributed by atoms with Crippen molar-refractivity contribution in [3.63, 3.8) is 0 Å². The molecule has 5 heteroatoms. The highest BCUT2D eigenvalue weighted by Crippen LogP contribution is 2.45. The van der Waals surface area contributed by atoms with Crippen molar-refractivity contribution in [3.8, 4) is 0 Å². The number of nitrogens with zero attached hydrogens (tertiary/aromatic N) is 1. The van der Waals surface area contributed by atoms with E-state index in [9.17, 15) is 9.18 Å². The molecule has 1 aromatic rings. The van der Waals surface area contributed by atoms with Crippen molar-refractivity contribution in [2.75, 3.05) is 18.0 Å². The van der Waals surface area contributed by atoms with Crippen LogP contribution in [0.25, 0.3) is 0 Å². The lowest BCUT2D eigenvalue weighted by molar-refractivity contribution is -0.122. The molecule has 3 nitrogen and oxygen atoms in total. The Hall–Kier alpha value is -1.13. The summed E-state index contributed by atoms with van der Waals surface area (Å²) in [6.07, 6.45) is 1.79. The zero-order chi connectivity index (χ0) is 14.5. The maximum absolute atomic E-state index is 13.8. The lowest BCUT2D eigenvalue weighted by Crippen LogP contribution is -2.47. The molecule has 0 saturated carbocycles. The maximum atomic E-state index is 13.8. The fourth-order valence-corrected chi connectivity index (χ4v) is 3.35. The molecule has 20 heavy (non-hydrogen) atoms. The number of nitrogens with one attached hydrogen (secondary N) is 1. The number of hydrogen-bond donors (Lipinski definition) is 1. The van der Waals surface area contributed by atoms with E-state index in [1.54, 1.807) is 11.0 Å². The van der Waals surface area contributed by atoms with Gasteiger partial charge in [0.15, 0.2) is 0 Å². The predicted octanol–water partition coefficient (Wildman–Crippen LogP) is 2.86. The van der Waals surface area contributed by atoms with Gasteiger partial charge in [-0.15, -0.1) is 0 Å². The van der Waals surface area contributed by atoms with Crippen LogP contribution < -0.4 is 10.2 Å². The van der Waals surface area contributed by atoms with E-state index in [2.05, 4.69) is 5.32 Å². The molecule has 1 saturated heterocycles. The average Bonchev–Trinajstić information content (AvgIpc) is 2.60. The molecule has 0 radical (unpaired) electrons. The topological polar surface area (TPSA) is 32.3 Å². The van der Waals surface area contributed by atoms with Gasteiger partial charge in [-0.2, -0.15) is 0 Å². The first-order valence-corrected chi connectivity index (χ1v) is 7.34. The Labute approximate surface area is 123 Å². The molecule has 0 bridgehead atoms. The lowest BCUT2D eigenvalue weighted by Gasteiger charge is -2.33. The highest BCUT2D eigenvalue weighted by Gasteiger charge is 2.46. The molecular weight excluding hydrogens is 279 g/mol. The molecule has 0 spiro atoms. The van der Waals surface area contributed by atoms with Crippen LogP contribution in [0.5, 0.6) is 0 Å². The third-order valence-corrected chi connectivity index (χ3v) is 4.69. The number of halogens is 2. The molecule has 108 valence electrons. The quantitative estimate of drug-likeness (QED) is 0.864. The van der Waals surface area contributed by atoms with Gasteiger partial charge in [0.25, 0.3) is 0 Å². The summed E-state index contributed by atoms with van der Waals surface area (Å²) in [5.41, 5.74) is 0.874. The smallest absolute Gasteiger partial charge is 0.237 e. The molecule has 0 atom stereocenters. The van der Waals surface area contributed by atoms with Crippen molar-refractivity contribution >= 4 is 23.2 Å². The van der Waals surface area contributed by atoms with Crippen molar-refractivity contribution in [1.29, 1.82) is 0 Å². The third kappa shape index (κ3) is 1.93. The second kappa shape index (κ2) is 4.71. The monoisotopic (exact) mass is 296 g/mol. The molecule has 2 aliphatic heterocycles. The van der Waals surface area contributed by atoms with Gasteiger partial charge < -0.3 is 10.2 Å². The predicted molar refractivity (Wildman–Crippen MR) is 77.8 cm³/mol. The summed E-state index contributed by atoms with van der Waals surface area (Å²) < 4.78 is 13.8. The molecular formula is C15H18ClFN2O. The van der Waals surface area contributed by atoms with E-state index in [0.717, 1.165) is 31.5 Å². The molecule has 1 fully saturated rings. The Bertz CT molecular complexity index is 567. The Kier molecular flexibility index (Phi) is 3.26. The number of piperidine rings is 1. The van der Waals surface area contributed by atoms with Crippen molar-refractivity contribution < 1.29 is 9.18 Å². The molecule has 3 rings (SSSR count). The van der Waals surface area contributed by atoms with Gasteiger partial charge in [-0.3, -0.25) is 4.79 Å². The van der Waals surface area contributed by atoms with Gasteiger partial charge in [0.2, 0.25) is 5.91 Å². The van der Waals surface area contributed by atoms with Crippen LogP contribution in [0.1, 0.15) is 32.3 Å². The van der Waals surface area contributed by atoms with E-state index < -0.39 is 11.2 Å². The highest BCUT2D eigenvalue weighted by atomic mass is 35.5. The number of hydrogen-bond acceptors (Lipinski definition) is 2. The zero-order valence-electron chi connectivity index (χ0n) is 11.7. The van der Waals surface area contributed by atoms with Gasteiger partial charge in [0, 0.05) is 6.04 Å². The average molecular weight is 297 g/mol. The lowest BCUT2D eigenvalue weighted by atomic mass is 9.86. The standard InChI is InChI=1S/C15H18ClFN2O/c1-15(2)10-7-11(16)12(17)8-13(10)19(14(15)20)9-3-5-18-6-4-9/h7-9,18H,3-6H2,1-2H3. The number of amides is 1. The van der Waals surface area contributed by atoms with E-state index in [1.165, 1.54) is 6.07 Å². The number of fused-ring (bicyclic) bond motifs is 1. The first kappa shape index (κ1) is 13.8. The molecule has 1 N–H and O–H groups in total. The van der Waals surface area contributed by atoms with Crippen LogP contribution in [0.2, 0.25) is 5.02 Å². The summed E-state index contributed by atoms with van der Waals surface area (Å²) in [7, 11) is 0. The molecule has 2 aliphatic rings. The van der Waals surface area contributed by atoms with Crippen LogP contribution in [-0.4, -0.2) is 25.0 Å². The largest absolute Gasteiger partial charge is 0.317 e. The fraction of sp³-hybridized carbons (Fsp3) is 0.533. The normalized spacial score (nSPS) is 22.2. The van der Waals surface area contributed by atoms with Gasteiger partial charge >= 0.3 is 0 Å². The van der Waals surface area contributed by atoms with E-state index >= 15 is 0 Å². The molecule has 1 amide bonds. The Morgan fingerprint density at radius 2 is 2.00 bits per heavy atom. The Balaban J connectivity index is 2.09. The number of carbonyl (C=O) groups excluding carboxylic acids is 1. The van der Waals surface area contributed by atoms with Gasteiger partial charge in [-0.25, -0.2) is 4.39 Å². The van der Waals surface area contributed by atoms with Gasteiger partial charge in [0.05, 0.1) is 16.1 Å². The van der Waals surface area contributed by atoms with Gasteiger partial charge in [-0.05, 0) is 57.5 Å². The van der Waals surface area contributed by atoms with E-state index in [1.807, 2.05) is 13.8 Å². The maximum Gasteiger partial charge on any atom is 0.237 e. The van der Waals surface area contributed by atoms with Crippen LogP contribution in [0, 0.1) is 5.82 Å². The molecule has 0 aliphatic carbocycles. The molecule has 0 unspecified atom stereocenters. The first-order chi connectivity index (χ1) is 9.43. The Morgan fingerprint density at radius 1 is 1.35 bits per heavy atom. The van der Waals surface area contributed by atoms with Crippen LogP contribution in [-0.2, 0) is 10.2 Å². The van der Waals surface area contributed by atoms with E-state index in [0.29, 0.717) is 5.69 Å². The van der Waals surface area contributed by atoms with Crippen LogP contribution >= 0.6 is 11.6 Å². The SMILES string of the molecule is CC1(C)C(=O)N(C2CCNCC2)c2cc(F)c(Cl)cc21. The van der Waals surface area contributed by atoms with E-state index in [4.69, 9.17) is 11.6 Å². The van der Waals surface area contributed by atoms with Crippen molar-refractivity contribution in [2.24, 2.45) is 0 Å². The summed E-state index contributed by atoms with van der Waals surface area (Å²) in [6, 6.07) is 3.15. The summed E-state index contributed by atoms with van der Waals surface area (Å²) in [4.78, 5) is 14.5. The Morgan fingerprint density at radius 3 is 2.65 bits per heavy atom. The van der Waals surface area contributed by atoms with Gasteiger partial charge in [-0.1, -0.05) is 11.6 Å². The molecule has 0 aromatic heterocycles. The van der Waals surface area contributed by atoms with Crippen molar-refractivity contribution in [3.05, 3.63) is 28.5 Å². The van der Waals surface area contributed by atoms with Crippen molar-refractivity contribution in [1.82, 2.24) is 5.32 Å². The number of benzene rings is 1. The number of carbonyl (C=O) groups is 1. The van der Waals surface area contributed by atoms with Crippen LogP contribution in [0.4, 0.5) is 10.1 Å². The zero-order valence-corrected chi connectivity index (χ0v) is 12.4. The van der Waals surface area contributed by atoms with E-state index in [-0.39, 0.29) is 17.0 Å². The third-order valence-electron chi connectivity index (χ3n) is 4.40. The van der Waals surface area contributed by atoms with Gasteiger partial charge in [0.1, 0.15) is 5.82 Å². The summed E-state index contributed by atoms with van der Waals surface area (Å²) >= 11 is 5.89. The van der Waals surface area contributed by atoms with Crippen LogP contribution in [0.15, 0.2) is 12.1 Å². The molecule has 2 heterocycles. The summed E-state index contributed by atoms with van der Waals surface area (Å²) in [5, 5.41) is 3.37. The second-order valence-electron chi connectivity index (χ2n) is 6.06. The first-order valence-electron chi connectivity index (χ1n) is 6.97.